The fraction of sp³-hybridized carbons (Fsp3) is 0.800. The Morgan fingerprint density at radius 1 is 1.23 bits per heavy atom. The lowest BCUT2D eigenvalue weighted by Crippen LogP contribution is -2.59. The Hall–Kier alpha value is -1.96. The smallest absolute Gasteiger partial charge is 0.226 e. The second-order valence-corrected chi connectivity index (χ2v) is 15.2. The number of fused-ring (bicyclic) bond motifs is 1. The molecule has 0 heterocycles. The van der Waals surface area contributed by atoms with Gasteiger partial charge in [-0.25, -0.2) is 4.39 Å². The summed E-state index contributed by atoms with van der Waals surface area (Å²) in [6.07, 6.45) is 9.47. The number of Topliss-reactive ketones (excluding diaryl/α,β-unsaturated/α-hetero) is 1. The fourth-order valence-electron chi connectivity index (χ4n) is 9.78. The molecule has 3 aliphatic carbocycles. The van der Waals surface area contributed by atoms with Crippen molar-refractivity contribution in [3.05, 3.63) is 23.8 Å². The van der Waals surface area contributed by atoms with Crippen LogP contribution in [0.3, 0.4) is 0 Å². The molecule has 1 amide bonds. The van der Waals surface area contributed by atoms with E-state index in [2.05, 4.69) is 66.4 Å². The summed E-state index contributed by atoms with van der Waals surface area (Å²) in [6, 6.07) is 2.24. The summed E-state index contributed by atoms with van der Waals surface area (Å²) >= 11 is 0. The van der Waals surface area contributed by atoms with E-state index < -0.39 is 17.5 Å². The SMILES string of the molecule is C=C(C)[C@@H]1CC[C@@](CCC(C)(C)[C@]2(C)CC[C@H]3C(C)(C)C(=O)C(C#N)=C[C@]3(C)[C@H]2CCC)(C(=O)NCCF)[C@H]1C. The summed E-state index contributed by atoms with van der Waals surface area (Å²) in [5.74, 6) is 0.924. The van der Waals surface area contributed by atoms with Crippen LogP contribution in [0.4, 0.5) is 4.39 Å². The highest BCUT2D eigenvalue weighted by Gasteiger charge is 2.63. The third-order valence-electron chi connectivity index (χ3n) is 12.7. The Morgan fingerprint density at radius 2 is 1.88 bits per heavy atom. The molecule has 7 atom stereocenters. The Morgan fingerprint density at radius 3 is 2.40 bits per heavy atom. The monoisotopic (exact) mass is 554 g/mol. The van der Waals surface area contributed by atoms with Crippen LogP contribution in [0.1, 0.15) is 114 Å². The van der Waals surface area contributed by atoms with Gasteiger partial charge in [-0.05, 0) is 91.8 Å². The lowest BCUT2D eigenvalue weighted by atomic mass is 9.39. The average Bonchev–Trinajstić information content (AvgIpc) is 3.23. The van der Waals surface area contributed by atoms with E-state index in [1.807, 2.05) is 19.9 Å². The van der Waals surface area contributed by atoms with Gasteiger partial charge in [0.05, 0.1) is 11.0 Å². The summed E-state index contributed by atoms with van der Waals surface area (Å²) < 4.78 is 13.1. The molecule has 0 saturated heterocycles. The second kappa shape index (κ2) is 11.4. The molecule has 0 aromatic carbocycles. The quantitative estimate of drug-likeness (QED) is 0.276. The highest BCUT2D eigenvalue weighted by Crippen LogP contribution is 2.68. The third-order valence-corrected chi connectivity index (χ3v) is 12.7. The number of nitrogens with zero attached hydrogens (tertiary/aromatic N) is 1. The topological polar surface area (TPSA) is 70.0 Å². The van der Waals surface area contributed by atoms with E-state index in [4.69, 9.17) is 0 Å². The summed E-state index contributed by atoms with van der Waals surface area (Å²) in [5, 5.41) is 12.8. The zero-order valence-electron chi connectivity index (χ0n) is 26.8. The molecular weight excluding hydrogens is 499 g/mol. The molecule has 4 nitrogen and oxygen atoms in total. The molecule has 0 unspecified atom stereocenters. The molecule has 3 rings (SSSR count). The van der Waals surface area contributed by atoms with Crippen molar-refractivity contribution < 1.29 is 14.0 Å². The van der Waals surface area contributed by atoms with E-state index in [1.54, 1.807) is 0 Å². The average molecular weight is 555 g/mol. The van der Waals surface area contributed by atoms with Gasteiger partial charge in [-0.2, -0.15) is 5.26 Å². The first-order valence-corrected chi connectivity index (χ1v) is 15.7. The molecule has 5 heteroatoms. The van der Waals surface area contributed by atoms with E-state index in [0.29, 0.717) is 17.4 Å². The molecule has 0 aromatic heterocycles. The number of hydrogen-bond donors (Lipinski definition) is 1. The van der Waals surface area contributed by atoms with Crippen LogP contribution in [0.15, 0.2) is 23.8 Å². The fourth-order valence-corrected chi connectivity index (χ4v) is 9.78. The largest absolute Gasteiger partial charge is 0.353 e. The molecule has 224 valence electrons. The van der Waals surface area contributed by atoms with Crippen LogP contribution in [0.2, 0.25) is 0 Å². The van der Waals surface area contributed by atoms with Gasteiger partial charge in [-0.3, -0.25) is 9.59 Å². The first kappa shape index (κ1) is 32.6. The van der Waals surface area contributed by atoms with Gasteiger partial charge < -0.3 is 5.32 Å². The van der Waals surface area contributed by atoms with Gasteiger partial charge >= 0.3 is 0 Å². The first-order valence-electron chi connectivity index (χ1n) is 15.7. The molecule has 0 radical (unpaired) electrons. The maximum Gasteiger partial charge on any atom is 0.226 e. The van der Waals surface area contributed by atoms with Crippen molar-refractivity contribution in [1.82, 2.24) is 5.32 Å². The molecule has 0 aliphatic heterocycles. The minimum atomic E-state index is -0.568. The number of rotatable bonds is 10. The van der Waals surface area contributed by atoms with Gasteiger partial charge in [0.25, 0.3) is 0 Å². The molecule has 0 bridgehead atoms. The van der Waals surface area contributed by atoms with Crippen molar-refractivity contribution in [3.63, 3.8) is 0 Å². The number of nitriles is 1. The lowest BCUT2D eigenvalue weighted by molar-refractivity contribution is -0.154. The number of ketones is 1. The number of hydrogen-bond acceptors (Lipinski definition) is 3. The van der Waals surface area contributed by atoms with Crippen molar-refractivity contribution in [3.8, 4) is 6.07 Å². The first-order chi connectivity index (χ1) is 18.5. The van der Waals surface area contributed by atoms with Crippen molar-refractivity contribution >= 4 is 11.7 Å². The predicted molar refractivity (Wildman–Crippen MR) is 161 cm³/mol. The molecule has 40 heavy (non-hydrogen) atoms. The van der Waals surface area contributed by atoms with Crippen LogP contribution in [-0.4, -0.2) is 24.9 Å². The maximum atomic E-state index is 13.7. The summed E-state index contributed by atoms with van der Waals surface area (Å²) in [7, 11) is 0. The zero-order valence-corrected chi connectivity index (χ0v) is 26.8. The van der Waals surface area contributed by atoms with E-state index in [1.165, 1.54) is 0 Å². The predicted octanol–water partition coefficient (Wildman–Crippen LogP) is 8.38. The van der Waals surface area contributed by atoms with E-state index in [9.17, 15) is 19.2 Å². The number of halogens is 1. The standard InChI is InChI=1S/C35H55FN2O2/c1-11-12-28-33(9)21-25(22-37)29(39)32(7,8)27(33)14-15-34(28,10)31(5,6)17-18-35(30(40)38-20-19-36)16-13-26(23(2)3)24(35)4/h21,24,26-28H,2,11-20H2,1,3-10H3,(H,38,40)/t24-,26-,27-,28+,33-,34+,35-/m0/s1. The number of allylic oxidation sites excluding steroid dienone is 3. The van der Waals surface area contributed by atoms with Gasteiger partial charge in [0.2, 0.25) is 5.91 Å². The van der Waals surface area contributed by atoms with Crippen LogP contribution in [0.5, 0.6) is 0 Å². The molecule has 1 N–H and O–H groups in total. The Bertz CT molecular complexity index is 1080. The second-order valence-electron chi connectivity index (χ2n) is 15.2. The highest BCUT2D eigenvalue weighted by molar-refractivity contribution is 6.04. The summed E-state index contributed by atoms with van der Waals surface area (Å²) in [5.41, 5.74) is -0.0497. The van der Waals surface area contributed by atoms with Gasteiger partial charge in [0.1, 0.15) is 12.7 Å². The Kier molecular flexibility index (Phi) is 9.26. The Labute approximate surface area is 243 Å². The molecule has 3 aliphatic rings. The minimum Gasteiger partial charge on any atom is -0.353 e. The van der Waals surface area contributed by atoms with Gasteiger partial charge in [0.15, 0.2) is 5.78 Å². The number of amides is 1. The number of nitrogens with one attached hydrogen (secondary N) is 1. The third kappa shape index (κ3) is 5.00. The van der Waals surface area contributed by atoms with Crippen LogP contribution >= 0.6 is 0 Å². The van der Waals surface area contributed by atoms with Crippen LogP contribution in [0.25, 0.3) is 0 Å². The van der Waals surface area contributed by atoms with E-state index in [0.717, 1.165) is 56.9 Å². The van der Waals surface area contributed by atoms with Gasteiger partial charge in [-0.15, -0.1) is 0 Å². The van der Waals surface area contributed by atoms with E-state index >= 15 is 0 Å². The summed E-state index contributed by atoms with van der Waals surface area (Å²) in [4.78, 5) is 26.9. The molecule has 0 spiro atoms. The van der Waals surface area contributed by atoms with E-state index in [-0.39, 0.29) is 46.3 Å². The van der Waals surface area contributed by atoms with Gasteiger partial charge in [-0.1, -0.05) is 80.0 Å². The molecule has 2 saturated carbocycles. The van der Waals surface area contributed by atoms with Crippen LogP contribution in [-0.2, 0) is 9.59 Å². The van der Waals surface area contributed by atoms with Gasteiger partial charge in [0, 0.05) is 12.0 Å². The highest BCUT2D eigenvalue weighted by atomic mass is 19.1. The number of carbonyl (C=O) groups excluding carboxylic acids is 2. The van der Waals surface area contributed by atoms with Crippen molar-refractivity contribution in [1.29, 1.82) is 5.26 Å². The van der Waals surface area contributed by atoms with Crippen LogP contribution < -0.4 is 5.32 Å². The Balaban J connectivity index is 2.01. The van der Waals surface area contributed by atoms with Crippen molar-refractivity contribution in [2.45, 2.75) is 114 Å². The normalized spacial score (nSPS) is 37.3. The molecular formula is C35H55FN2O2. The minimum absolute atomic E-state index is 0.00253. The van der Waals surface area contributed by atoms with Crippen LogP contribution in [0, 0.1) is 62.1 Å². The van der Waals surface area contributed by atoms with Crippen molar-refractivity contribution in [2.75, 3.05) is 13.2 Å². The zero-order chi connectivity index (χ0) is 30.3. The molecule has 0 aromatic rings. The summed E-state index contributed by atoms with van der Waals surface area (Å²) in [6.45, 7) is 23.8. The number of alkyl halides is 1. The van der Waals surface area contributed by atoms with Crippen molar-refractivity contribution in [2.24, 2.45) is 50.7 Å². The lowest BCUT2D eigenvalue weighted by Gasteiger charge is -2.64. The molecule has 2 fully saturated rings. The maximum absolute atomic E-state index is 13.7. The number of carbonyl (C=O) groups is 2.